The fourth-order valence-corrected chi connectivity index (χ4v) is 3.51. The molecule has 4 aromatic rings. The molecule has 1 saturated carbocycles. The van der Waals surface area contributed by atoms with Gasteiger partial charge in [-0.1, -0.05) is 29.5 Å². The first-order valence-electron chi connectivity index (χ1n) is 9.31. The van der Waals surface area contributed by atoms with Crippen molar-refractivity contribution in [1.82, 2.24) is 19.6 Å². The number of alkyl halides is 1. The summed E-state index contributed by atoms with van der Waals surface area (Å²) >= 11 is 6.21. The van der Waals surface area contributed by atoms with Gasteiger partial charge in [0.2, 0.25) is 0 Å². The molecular formula is C22H17ClFN5. The predicted octanol–water partition coefficient (Wildman–Crippen LogP) is 4.80. The highest BCUT2D eigenvalue weighted by Gasteiger charge is 2.41. The topological polar surface area (TPSA) is 46.3 Å². The molecule has 29 heavy (non-hydrogen) atoms. The number of hydrogen-bond donors (Lipinski definition) is 0. The van der Waals surface area contributed by atoms with E-state index < -0.39 is 5.41 Å². The number of fused-ring (bicyclic) bond motifs is 3. The van der Waals surface area contributed by atoms with E-state index in [4.69, 9.17) is 16.6 Å². The lowest BCUT2D eigenvalue weighted by molar-refractivity contribution is 0.407. The summed E-state index contributed by atoms with van der Waals surface area (Å²) < 4.78 is 14.9. The summed E-state index contributed by atoms with van der Waals surface area (Å²) in [5.41, 5.74) is 2.24. The van der Waals surface area contributed by atoms with Gasteiger partial charge in [0.15, 0.2) is 0 Å². The van der Waals surface area contributed by atoms with Gasteiger partial charge in [0.05, 0.1) is 10.9 Å². The Balaban J connectivity index is 1.59. The summed E-state index contributed by atoms with van der Waals surface area (Å²) in [7, 11) is 1.94. The van der Waals surface area contributed by atoms with Crippen LogP contribution in [0, 0.1) is 17.3 Å². The van der Waals surface area contributed by atoms with Gasteiger partial charge in [-0.2, -0.15) is 4.98 Å². The van der Waals surface area contributed by atoms with Crippen LogP contribution in [0.1, 0.15) is 18.4 Å². The van der Waals surface area contributed by atoms with Crippen LogP contribution in [0.25, 0.3) is 16.7 Å². The van der Waals surface area contributed by atoms with Crippen LogP contribution in [0.3, 0.4) is 0 Å². The van der Waals surface area contributed by atoms with Gasteiger partial charge in [-0.05, 0) is 49.2 Å². The van der Waals surface area contributed by atoms with Gasteiger partial charge in [0.1, 0.15) is 18.8 Å². The molecular weight excluding hydrogens is 389 g/mol. The Labute approximate surface area is 172 Å². The lowest BCUT2D eigenvalue weighted by atomic mass is 10.1. The molecule has 5 rings (SSSR count). The van der Waals surface area contributed by atoms with Crippen molar-refractivity contribution in [2.24, 2.45) is 5.41 Å². The Bertz CT molecular complexity index is 1300. The predicted molar refractivity (Wildman–Crippen MR) is 112 cm³/mol. The number of nitrogens with zero attached hydrogens (tertiary/aromatic N) is 5. The van der Waals surface area contributed by atoms with Gasteiger partial charge in [0, 0.05) is 28.7 Å². The third-order valence-electron chi connectivity index (χ3n) is 5.33. The number of anilines is 2. The Morgan fingerprint density at radius 3 is 2.90 bits per heavy atom. The molecule has 0 unspecified atom stereocenters. The van der Waals surface area contributed by atoms with Crippen LogP contribution < -0.4 is 4.90 Å². The number of benzene rings is 2. The third-order valence-corrected chi connectivity index (χ3v) is 5.56. The van der Waals surface area contributed by atoms with Crippen molar-refractivity contribution in [3.63, 3.8) is 0 Å². The molecule has 0 amide bonds. The molecule has 0 spiro atoms. The first-order valence-corrected chi connectivity index (χ1v) is 9.68. The highest BCUT2D eigenvalue weighted by atomic mass is 35.5. The van der Waals surface area contributed by atoms with E-state index in [2.05, 4.69) is 22.0 Å². The average Bonchev–Trinajstić information content (AvgIpc) is 3.38. The fourth-order valence-electron chi connectivity index (χ4n) is 3.34. The summed E-state index contributed by atoms with van der Waals surface area (Å²) in [5, 5.41) is 9.63. The van der Waals surface area contributed by atoms with Crippen LogP contribution in [-0.2, 0) is 0 Å². The van der Waals surface area contributed by atoms with E-state index in [1.54, 1.807) is 6.33 Å². The molecule has 0 aliphatic heterocycles. The average molecular weight is 406 g/mol. The maximum Gasteiger partial charge on any atom is 0.257 e. The van der Waals surface area contributed by atoms with E-state index in [1.807, 2.05) is 58.8 Å². The summed E-state index contributed by atoms with van der Waals surface area (Å²) in [5.74, 6) is 7.47. The van der Waals surface area contributed by atoms with E-state index in [0.29, 0.717) is 10.8 Å². The minimum atomic E-state index is -0.419. The maximum absolute atomic E-state index is 13.1. The molecule has 144 valence electrons. The smallest absolute Gasteiger partial charge is 0.257 e. The molecule has 0 bridgehead atoms. The summed E-state index contributed by atoms with van der Waals surface area (Å²) in [6, 6.07) is 13.5. The second-order valence-electron chi connectivity index (χ2n) is 7.37. The summed E-state index contributed by atoms with van der Waals surface area (Å²) in [6.45, 7) is -0.379. The van der Waals surface area contributed by atoms with Crippen LogP contribution in [-0.4, -0.2) is 33.3 Å². The molecule has 2 aromatic carbocycles. The van der Waals surface area contributed by atoms with E-state index in [1.165, 1.54) is 0 Å². The van der Waals surface area contributed by atoms with Crippen molar-refractivity contribution in [1.29, 1.82) is 0 Å². The first-order chi connectivity index (χ1) is 14.1. The quantitative estimate of drug-likeness (QED) is 0.459. The minimum absolute atomic E-state index is 0.379. The molecule has 0 N–H and O–H groups in total. The van der Waals surface area contributed by atoms with Gasteiger partial charge in [-0.25, -0.2) is 4.39 Å². The summed E-state index contributed by atoms with van der Waals surface area (Å²) in [4.78, 5) is 6.68. The molecule has 1 aliphatic rings. The van der Waals surface area contributed by atoms with Gasteiger partial charge >= 0.3 is 0 Å². The Morgan fingerprint density at radius 1 is 1.24 bits per heavy atom. The highest BCUT2D eigenvalue weighted by molar-refractivity contribution is 6.31. The minimum Gasteiger partial charge on any atom is -0.329 e. The van der Waals surface area contributed by atoms with Gasteiger partial charge in [-0.3, -0.25) is 4.40 Å². The molecule has 2 aromatic heterocycles. The Hall–Kier alpha value is -3.17. The van der Waals surface area contributed by atoms with Gasteiger partial charge in [-0.15, -0.1) is 10.2 Å². The van der Waals surface area contributed by atoms with E-state index in [0.717, 1.165) is 40.8 Å². The van der Waals surface area contributed by atoms with E-state index in [-0.39, 0.29) is 6.67 Å². The van der Waals surface area contributed by atoms with Crippen LogP contribution in [0.5, 0.6) is 0 Å². The summed E-state index contributed by atoms with van der Waals surface area (Å²) in [6.07, 6.45) is 3.30. The van der Waals surface area contributed by atoms with Crippen LogP contribution in [0.2, 0.25) is 5.02 Å². The van der Waals surface area contributed by atoms with E-state index in [9.17, 15) is 4.39 Å². The first kappa shape index (κ1) is 17.9. The number of halogens is 2. The van der Waals surface area contributed by atoms with Crippen LogP contribution in [0.4, 0.5) is 15.9 Å². The van der Waals surface area contributed by atoms with Crippen molar-refractivity contribution in [3.8, 4) is 11.8 Å². The second-order valence-corrected chi connectivity index (χ2v) is 7.81. The molecule has 5 nitrogen and oxygen atoms in total. The zero-order valence-electron chi connectivity index (χ0n) is 15.7. The molecule has 0 radical (unpaired) electrons. The largest absolute Gasteiger partial charge is 0.329 e. The lowest BCUT2D eigenvalue weighted by Gasteiger charge is -2.20. The second kappa shape index (κ2) is 6.71. The zero-order chi connectivity index (χ0) is 20.0. The van der Waals surface area contributed by atoms with Crippen molar-refractivity contribution in [3.05, 3.63) is 59.4 Å². The monoisotopic (exact) mass is 405 g/mol. The Kier molecular flexibility index (Phi) is 4.14. The molecule has 2 heterocycles. The molecule has 1 aliphatic carbocycles. The van der Waals surface area contributed by atoms with Crippen molar-refractivity contribution in [2.75, 3.05) is 18.6 Å². The van der Waals surface area contributed by atoms with Gasteiger partial charge < -0.3 is 4.90 Å². The number of rotatable bonds is 3. The normalized spacial score (nSPS) is 14.6. The van der Waals surface area contributed by atoms with Crippen LogP contribution in [0.15, 0.2) is 48.8 Å². The molecule has 1 fully saturated rings. The van der Waals surface area contributed by atoms with Crippen molar-refractivity contribution < 1.29 is 4.39 Å². The van der Waals surface area contributed by atoms with E-state index >= 15 is 0 Å². The number of hydrogen-bond acceptors (Lipinski definition) is 4. The molecule has 0 atom stereocenters. The van der Waals surface area contributed by atoms with Crippen molar-refractivity contribution in [2.45, 2.75) is 12.8 Å². The standard InChI is InChI=1S/C22H17ClFN5/c1-28(17-4-2-3-15(11-17)7-8-22(13-24)9-10-22)20-18-6-5-16(23)12-19(18)29-14-25-27-21(29)26-20/h2-6,11-12,14H,9-10,13H2,1H3. The van der Waals surface area contributed by atoms with Crippen molar-refractivity contribution >= 4 is 39.8 Å². The SMILES string of the molecule is CN(c1cccc(C#CC2(CF)CC2)c1)c1nc2nncn2c2cc(Cl)ccc12. The maximum atomic E-state index is 13.1. The molecule has 7 heteroatoms. The fraction of sp³-hybridized carbons (Fsp3) is 0.227. The zero-order valence-corrected chi connectivity index (χ0v) is 16.5. The van der Waals surface area contributed by atoms with Gasteiger partial charge in [0.25, 0.3) is 5.78 Å². The third kappa shape index (κ3) is 3.18. The molecule has 0 saturated heterocycles. The lowest BCUT2D eigenvalue weighted by Crippen LogP contribution is -2.13. The van der Waals surface area contributed by atoms with Crippen LogP contribution >= 0.6 is 11.6 Å². The highest BCUT2D eigenvalue weighted by Crippen LogP contribution is 2.45. The Morgan fingerprint density at radius 2 is 2.10 bits per heavy atom. The number of aromatic nitrogens is 4.